The van der Waals surface area contributed by atoms with Crippen molar-refractivity contribution >= 4 is 38.5 Å². The maximum absolute atomic E-state index is 12.8. The minimum absolute atomic E-state index is 0.0407. The van der Waals surface area contributed by atoms with Gasteiger partial charge in [-0.05, 0) is 36.4 Å². The molecule has 0 atom stereocenters. The summed E-state index contributed by atoms with van der Waals surface area (Å²) >= 11 is 0. The Morgan fingerprint density at radius 2 is 1.82 bits per heavy atom. The van der Waals surface area contributed by atoms with E-state index in [-0.39, 0.29) is 23.3 Å². The van der Waals surface area contributed by atoms with Crippen molar-refractivity contribution in [2.75, 3.05) is 24.0 Å². The molecule has 3 aromatic heterocycles. The molecule has 0 bridgehead atoms. The summed E-state index contributed by atoms with van der Waals surface area (Å²) in [6, 6.07) is 11.8. The average Bonchev–Trinajstić information content (AvgIpc) is 3.38. The van der Waals surface area contributed by atoms with Gasteiger partial charge in [0.05, 0.1) is 24.5 Å². The number of methoxy groups -OCH3 is 1. The van der Waals surface area contributed by atoms with Gasteiger partial charge >= 0.3 is 0 Å². The van der Waals surface area contributed by atoms with Gasteiger partial charge in [-0.25, -0.2) is 13.4 Å². The number of nitrogens with one attached hydrogen (secondary N) is 2. The third-order valence-electron chi connectivity index (χ3n) is 4.63. The van der Waals surface area contributed by atoms with Crippen LogP contribution in [0.5, 0.6) is 5.75 Å². The third-order valence-corrected chi connectivity index (χ3v) is 5.58. The quantitative estimate of drug-likeness (QED) is 0.422. The molecule has 0 saturated carbocycles. The van der Waals surface area contributed by atoms with E-state index < -0.39 is 15.7 Å². The number of sulfone groups is 1. The summed E-state index contributed by atoms with van der Waals surface area (Å²) in [6.07, 6.45) is 5.42. The number of hydrogen-bond acceptors (Lipinski definition) is 7. The molecule has 4 aromatic rings. The summed E-state index contributed by atoms with van der Waals surface area (Å²) in [4.78, 5) is 29.1. The van der Waals surface area contributed by atoms with Gasteiger partial charge in [0.1, 0.15) is 12.3 Å². The summed E-state index contributed by atoms with van der Waals surface area (Å²) in [6.45, 7) is -0.0759. The van der Waals surface area contributed by atoms with Crippen molar-refractivity contribution in [3.05, 3.63) is 66.7 Å². The molecule has 0 unspecified atom stereocenters. The first-order chi connectivity index (χ1) is 15.7. The molecule has 11 nitrogen and oxygen atoms in total. The molecule has 0 saturated heterocycles. The lowest BCUT2D eigenvalue weighted by Gasteiger charge is -2.06. The third kappa shape index (κ3) is 4.85. The summed E-state index contributed by atoms with van der Waals surface area (Å²) in [7, 11) is -2.09. The van der Waals surface area contributed by atoms with E-state index in [4.69, 9.17) is 4.74 Å². The van der Waals surface area contributed by atoms with Gasteiger partial charge in [0.2, 0.25) is 20.9 Å². The van der Waals surface area contributed by atoms with Crippen molar-refractivity contribution in [1.82, 2.24) is 19.2 Å². The molecule has 2 amide bonds. The Labute approximate surface area is 188 Å². The number of carbonyl (C=O) groups is 2. The van der Waals surface area contributed by atoms with Crippen LogP contribution in [0, 0.1) is 0 Å². The van der Waals surface area contributed by atoms with Crippen LogP contribution in [-0.2, 0) is 21.2 Å². The van der Waals surface area contributed by atoms with Crippen LogP contribution in [0.4, 0.5) is 11.4 Å². The zero-order valence-electron chi connectivity index (χ0n) is 17.7. The van der Waals surface area contributed by atoms with Crippen LogP contribution in [0.1, 0.15) is 10.5 Å². The molecule has 33 heavy (non-hydrogen) atoms. The summed E-state index contributed by atoms with van der Waals surface area (Å²) in [5.41, 5.74) is 1.24. The number of aromatic nitrogens is 4. The van der Waals surface area contributed by atoms with E-state index in [2.05, 4.69) is 20.7 Å². The van der Waals surface area contributed by atoms with Crippen molar-refractivity contribution in [3.63, 3.8) is 0 Å². The predicted octanol–water partition coefficient (Wildman–Crippen LogP) is 1.83. The molecular weight excluding hydrogens is 448 g/mol. The van der Waals surface area contributed by atoms with Gasteiger partial charge < -0.3 is 15.4 Å². The first-order valence-electron chi connectivity index (χ1n) is 9.69. The Kier molecular flexibility index (Phi) is 5.84. The Morgan fingerprint density at radius 3 is 2.52 bits per heavy atom. The lowest BCUT2D eigenvalue weighted by atomic mass is 10.3. The van der Waals surface area contributed by atoms with Crippen molar-refractivity contribution in [1.29, 1.82) is 0 Å². The van der Waals surface area contributed by atoms with Crippen LogP contribution in [-0.4, -0.2) is 52.8 Å². The highest BCUT2D eigenvalue weighted by Crippen LogP contribution is 2.19. The predicted molar refractivity (Wildman–Crippen MR) is 120 cm³/mol. The van der Waals surface area contributed by atoms with E-state index in [1.165, 1.54) is 27.7 Å². The topological polar surface area (TPSA) is 137 Å². The van der Waals surface area contributed by atoms with Crippen molar-refractivity contribution in [2.24, 2.45) is 0 Å². The number of imidazole rings is 1. The fraction of sp³-hybridized carbons (Fsp3) is 0.143. The molecule has 2 N–H and O–H groups in total. The minimum atomic E-state index is -3.65. The number of anilines is 2. The number of nitrogens with zero attached hydrogens (tertiary/aromatic N) is 4. The van der Waals surface area contributed by atoms with Crippen LogP contribution < -0.4 is 15.4 Å². The highest BCUT2D eigenvalue weighted by atomic mass is 32.2. The van der Waals surface area contributed by atoms with Gasteiger partial charge in [-0.1, -0.05) is 6.07 Å². The highest BCUT2D eigenvalue weighted by molar-refractivity contribution is 7.90. The highest BCUT2D eigenvalue weighted by Gasteiger charge is 2.23. The zero-order chi connectivity index (χ0) is 23.6. The second-order valence-electron chi connectivity index (χ2n) is 7.13. The van der Waals surface area contributed by atoms with Crippen LogP contribution in [0.3, 0.4) is 0 Å². The van der Waals surface area contributed by atoms with Gasteiger partial charge in [-0.15, -0.1) is 0 Å². The number of carbonyl (C=O) groups excluding carboxylic acids is 2. The van der Waals surface area contributed by atoms with Crippen LogP contribution in [0.2, 0.25) is 0 Å². The number of benzene rings is 1. The monoisotopic (exact) mass is 468 g/mol. The fourth-order valence-corrected chi connectivity index (χ4v) is 3.94. The van der Waals surface area contributed by atoms with E-state index >= 15 is 0 Å². The second-order valence-corrected chi connectivity index (χ2v) is 9.04. The molecule has 4 rings (SSSR count). The van der Waals surface area contributed by atoms with Crippen molar-refractivity contribution in [2.45, 2.75) is 11.7 Å². The summed E-state index contributed by atoms with van der Waals surface area (Å²) < 4.78 is 31.9. The molecule has 1 aromatic carbocycles. The maximum atomic E-state index is 12.8. The van der Waals surface area contributed by atoms with Crippen molar-refractivity contribution < 1.29 is 22.7 Å². The lowest BCUT2D eigenvalue weighted by Crippen LogP contribution is -2.19. The molecule has 3 heterocycles. The largest absolute Gasteiger partial charge is 0.497 e. The number of rotatable bonds is 7. The molecule has 170 valence electrons. The first-order valence-corrected chi connectivity index (χ1v) is 11.6. The molecule has 0 aliphatic rings. The molecule has 0 aliphatic carbocycles. The van der Waals surface area contributed by atoms with Gasteiger partial charge in [-0.3, -0.25) is 18.7 Å². The van der Waals surface area contributed by atoms with Gasteiger partial charge in [-0.2, -0.15) is 5.10 Å². The number of amides is 2. The number of fused-ring (bicyclic) bond motifs is 1. The zero-order valence-corrected chi connectivity index (χ0v) is 18.5. The average molecular weight is 468 g/mol. The fourth-order valence-electron chi connectivity index (χ4n) is 3.17. The van der Waals surface area contributed by atoms with E-state index in [0.717, 1.165) is 6.26 Å². The van der Waals surface area contributed by atoms with Crippen LogP contribution in [0.25, 0.3) is 5.52 Å². The Hall–Kier alpha value is -4.19. The molecule has 0 radical (unpaired) electrons. The SMILES string of the molecule is COc1ccc(NC(=O)Cn2cc(NC(=O)c3nc(S(C)(=O)=O)n4ccccc34)cn2)cc1. The Morgan fingerprint density at radius 1 is 1.06 bits per heavy atom. The molecule has 0 aliphatic heterocycles. The normalized spacial score (nSPS) is 11.3. The van der Waals surface area contributed by atoms with Crippen LogP contribution in [0.15, 0.2) is 66.2 Å². The van der Waals surface area contributed by atoms with E-state index in [9.17, 15) is 18.0 Å². The standard InChI is InChI=1S/C21H20N6O5S/c1-32-16-8-6-14(7-9-16)23-18(28)13-26-12-15(11-22-26)24-20(29)19-17-5-3-4-10-27(17)21(25-19)33(2,30)31/h3-12H,13H2,1-2H3,(H,23,28)(H,24,29). The lowest BCUT2D eigenvalue weighted by molar-refractivity contribution is -0.116. The van der Waals surface area contributed by atoms with E-state index in [1.54, 1.807) is 49.6 Å². The first kappa shape index (κ1) is 22.0. The maximum Gasteiger partial charge on any atom is 0.276 e. The van der Waals surface area contributed by atoms with Gasteiger partial charge in [0.25, 0.3) is 5.91 Å². The van der Waals surface area contributed by atoms with Gasteiger partial charge in [0, 0.05) is 24.3 Å². The Balaban J connectivity index is 1.45. The van der Waals surface area contributed by atoms with E-state index in [1.807, 2.05) is 0 Å². The number of ether oxygens (including phenoxy) is 1. The molecular formula is C21H20N6O5S. The number of pyridine rings is 1. The van der Waals surface area contributed by atoms with E-state index in [0.29, 0.717) is 22.6 Å². The molecule has 0 fully saturated rings. The van der Waals surface area contributed by atoms with Gasteiger partial charge in [0.15, 0.2) is 5.69 Å². The van der Waals surface area contributed by atoms with Crippen LogP contribution >= 0.6 is 0 Å². The van der Waals surface area contributed by atoms with Crippen molar-refractivity contribution in [3.8, 4) is 5.75 Å². The second kappa shape index (κ2) is 8.74. The Bertz CT molecular complexity index is 1440. The molecule has 0 spiro atoms. The summed E-state index contributed by atoms with van der Waals surface area (Å²) in [5.74, 6) is -0.232. The summed E-state index contributed by atoms with van der Waals surface area (Å²) in [5, 5.41) is 9.23. The smallest absolute Gasteiger partial charge is 0.276 e. The minimum Gasteiger partial charge on any atom is -0.497 e. The molecule has 12 heteroatoms. The number of hydrogen-bond donors (Lipinski definition) is 2.